The molecule has 5 heteroatoms. The Morgan fingerprint density at radius 3 is 2.52 bits per heavy atom. The van der Waals surface area contributed by atoms with Gasteiger partial charge in [-0.25, -0.2) is 4.98 Å². The molecule has 2 rings (SSSR count). The summed E-state index contributed by atoms with van der Waals surface area (Å²) in [5, 5.41) is 2.89. The average molecular weight is 287 g/mol. The van der Waals surface area contributed by atoms with Crippen molar-refractivity contribution in [3.63, 3.8) is 0 Å². The molecule has 1 heterocycles. The molecule has 0 aliphatic heterocycles. The SMILES string of the molecule is CNc1nccc(Oc2ccc(OC)cc2C(C)(C)C)n1. The molecular weight excluding hydrogens is 266 g/mol. The fourth-order valence-electron chi connectivity index (χ4n) is 1.94. The highest BCUT2D eigenvalue weighted by Gasteiger charge is 2.20. The van der Waals surface area contributed by atoms with Crippen LogP contribution in [-0.2, 0) is 5.41 Å². The second-order valence-electron chi connectivity index (χ2n) is 5.68. The van der Waals surface area contributed by atoms with E-state index in [1.165, 1.54) is 0 Å². The molecule has 21 heavy (non-hydrogen) atoms. The maximum absolute atomic E-state index is 5.93. The van der Waals surface area contributed by atoms with E-state index in [2.05, 4.69) is 36.1 Å². The molecule has 1 N–H and O–H groups in total. The standard InChI is InChI=1S/C16H21N3O2/c1-16(2,3)12-10-11(20-5)6-7-13(12)21-14-8-9-18-15(17-4)19-14/h6-10H,1-5H3,(H,17,18,19). The minimum absolute atomic E-state index is 0.0667. The van der Waals surface area contributed by atoms with Crippen LogP contribution in [-0.4, -0.2) is 24.1 Å². The molecule has 1 aromatic carbocycles. The van der Waals surface area contributed by atoms with E-state index in [1.54, 1.807) is 26.4 Å². The van der Waals surface area contributed by atoms with Crippen molar-refractivity contribution in [2.45, 2.75) is 26.2 Å². The third-order valence-corrected chi connectivity index (χ3v) is 3.06. The first-order valence-electron chi connectivity index (χ1n) is 6.81. The first kappa shape index (κ1) is 15.1. The Morgan fingerprint density at radius 1 is 1.14 bits per heavy atom. The molecule has 5 nitrogen and oxygen atoms in total. The van der Waals surface area contributed by atoms with Crippen molar-refractivity contribution >= 4 is 5.95 Å². The summed E-state index contributed by atoms with van der Waals surface area (Å²) in [5.74, 6) is 2.61. The van der Waals surface area contributed by atoms with Crippen molar-refractivity contribution in [3.8, 4) is 17.4 Å². The maximum Gasteiger partial charge on any atom is 0.225 e. The second-order valence-corrected chi connectivity index (χ2v) is 5.68. The van der Waals surface area contributed by atoms with Gasteiger partial charge in [0.1, 0.15) is 11.5 Å². The number of hydrogen-bond acceptors (Lipinski definition) is 5. The Kier molecular flexibility index (Phi) is 4.31. The summed E-state index contributed by atoms with van der Waals surface area (Å²) < 4.78 is 11.2. The molecule has 1 aromatic heterocycles. The predicted molar refractivity (Wildman–Crippen MR) is 83.3 cm³/mol. The van der Waals surface area contributed by atoms with E-state index < -0.39 is 0 Å². The third-order valence-electron chi connectivity index (χ3n) is 3.06. The zero-order valence-corrected chi connectivity index (χ0v) is 13.1. The van der Waals surface area contributed by atoms with E-state index >= 15 is 0 Å². The van der Waals surface area contributed by atoms with Crippen LogP contribution in [0.25, 0.3) is 0 Å². The Balaban J connectivity index is 2.39. The van der Waals surface area contributed by atoms with Gasteiger partial charge in [-0.3, -0.25) is 0 Å². The van der Waals surface area contributed by atoms with Crippen LogP contribution in [0.15, 0.2) is 30.5 Å². The lowest BCUT2D eigenvalue weighted by atomic mass is 9.86. The van der Waals surface area contributed by atoms with E-state index in [0.29, 0.717) is 11.8 Å². The second kappa shape index (κ2) is 5.99. The lowest BCUT2D eigenvalue weighted by Crippen LogP contribution is -2.13. The summed E-state index contributed by atoms with van der Waals surface area (Å²) in [5.41, 5.74) is 0.995. The molecule has 112 valence electrons. The summed E-state index contributed by atoms with van der Waals surface area (Å²) in [6.07, 6.45) is 1.66. The monoisotopic (exact) mass is 287 g/mol. The smallest absolute Gasteiger partial charge is 0.225 e. The number of aromatic nitrogens is 2. The van der Waals surface area contributed by atoms with Crippen molar-refractivity contribution in [2.75, 3.05) is 19.5 Å². The summed E-state index contributed by atoms with van der Waals surface area (Å²) in [6.45, 7) is 6.40. The molecular formula is C16H21N3O2. The van der Waals surface area contributed by atoms with E-state index in [4.69, 9.17) is 9.47 Å². The van der Waals surface area contributed by atoms with Crippen LogP contribution in [0.3, 0.4) is 0 Å². The number of ether oxygens (including phenoxy) is 2. The normalized spacial score (nSPS) is 11.1. The minimum atomic E-state index is -0.0667. The molecule has 0 saturated carbocycles. The van der Waals surface area contributed by atoms with Crippen LogP contribution in [0.2, 0.25) is 0 Å². The molecule has 0 unspecified atom stereocenters. The summed E-state index contributed by atoms with van der Waals surface area (Å²) >= 11 is 0. The topological polar surface area (TPSA) is 56.3 Å². The number of benzene rings is 1. The first-order chi connectivity index (χ1) is 9.94. The van der Waals surface area contributed by atoms with Crippen LogP contribution in [0.5, 0.6) is 17.4 Å². The van der Waals surface area contributed by atoms with Gasteiger partial charge in [-0.2, -0.15) is 4.98 Å². The van der Waals surface area contributed by atoms with Crippen molar-refractivity contribution in [1.82, 2.24) is 9.97 Å². The van der Waals surface area contributed by atoms with Gasteiger partial charge in [-0.05, 0) is 23.6 Å². The molecule has 0 fully saturated rings. The van der Waals surface area contributed by atoms with Gasteiger partial charge in [0, 0.05) is 24.9 Å². The van der Waals surface area contributed by atoms with E-state index in [1.807, 2.05) is 18.2 Å². The van der Waals surface area contributed by atoms with Gasteiger partial charge in [0.15, 0.2) is 0 Å². The van der Waals surface area contributed by atoms with Gasteiger partial charge in [0.2, 0.25) is 11.8 Å². The highest BCUT2D eigenvalue weighted by Crippen LogP contribution is 2.36. The summed E-state index contributed by atoms with van der Waals surface area (Å²) in [4.78, 5) is 8.35. The molecule has 0 atom stereocenters. The molecule has 0 bridgehead atoms. The average Bonchev–Trinajstić information content (AvgIpc) is 2.46. The van der Waals surface area contributed by atoms with E-state index in [-0.39, 0.29) is 5.41 Å². The van der Waals surface area contributed by atoms with Gasteiger partial charge in [-0.15, -0.1) is 0 Å². The number of rotatable bonds is 4. The van der Waals surface area contributed by atoms with Crippen LogP contribution in [0, 0.1) is 0 Å². The molecule has 2 aromatic rings. The van der Waals surface area contributed by atoms with Crippen molar-refractivity contribution < 1.29 is 9.47 Å². The fourth-order valence-corrected chi connectivity index (χ4v) is 1.94. The lowest BCUT2D eigenvalue weighted by Gasteiger charge is -2.23. The third kappa shape index (κ3) is 3.62. The van der Waals surface area contributed by atoms with Gasteiger partial charge in [0.05, 0.1) is 7.11 Å². The summed E-state index contributed by atoms with van der Waals surface area (Å²) in [7, 11) is 3.43. The molecule has 0 aliphatic rings. The van der Waals surface area contributed by atoms with Crippen LogP contribution >= 0.6 is 0 Å². The quantitative estimate of drug-likeness (QED) is 0.930. The predicted octanol–water partition coefficient (Wildman–Crippen LogP) is 3.62. The lowest BCUT2D eigenvalue weighted by molar-refractivity contribution is 0.405. The largest absolute Gasteiger partial charge is 0.497 e. The minimum Gasteiger partial charge on any atom is -0.497 e. The molecule has 0 spiro atoms. The number of nitrogens with zero attached hydrogens (tertiary/aromatic N) is 2. The zero-order chi connectivity index (χ0) is 15.5. The van der Waals surface area contributed by atoms with Crippen LogP contribution in [0.4, 0.5) is 5.95 Å². The van der Waals surface area contributed by atoms with E-state index in [0.717, 1.165) is 17.1 Å². The molecule has 0 saturated heterocycles. The van der Waals surface area contributed by atoms with Gasteiger partial charge < -0.3 is 14.8 Å². The first-order valence-corrected chi connectivity index (χ1v) is 6.81. The van der Waals surface area contributed by atoms with Crippen molar-refractivity contribution in [3.05, 3.63) is 36.0 Å². The zero-order valence-electron chi connectivity index (χ0n) is 13.1. The molecule has 0 radical (unpaired) electrons. The van der Waals surface area contributed by atoms with E-state index in [9.17, 15) is 0 Å². The Labute approximate surface area is 125 Å². The molecule has 0 aliphatic carbocycles. The van der Waals surface area contributed by atoms with Gasteiger partial charge >= 0.3 is 0 Å². The number of anilines is 1. The van der Waals surface area contributed by atoms with Crippen molar-refractivity contribution in [2.24, 2.45) is 0 Å². The number of hydrogen-bond donors (Lipinski definition) is 1. The van der Waals surface area contributed by atoms with Crippen molar-refractivity contribution in [1.29, 1.82) is 0 Å². The van der Waals surface area contributed by atoms with Crippen LogP contribution < -0.4 is 14.8 Å². The molecule has 0 amide bonds. The number of nitrogens with one attached hydrogen (secondary N) is 1. The fraction of sp³-hybridized carbons (Fsp3) is 0.375. The Hall–Kier alpha value is -2.30. The Morgan fingerprint density at radius 2 is 1.90 bits per heavy atom. The Bertz CT molecular complexity index is 621. The van der Waals surface area contributed by atoms with Crippen LogP contribution in [0.1, 0.15) is 26.3 Å². The highest BCUT2D eigenvalue weighted by atomic mass is 16.5. The van der Waals surface area contributed by atoms with Gasteiger partial charge in [-0.1, -0.05) is 20.8 Å². The van der Waals surface area contributed by atoms with Gasteiger partial charge in [0.25, 0.3) is 0 Å². The highest BCUT2D eigenvalue weighted by molar-refractivity contribution is 5.45. The number of methoxy groups -OCH3 is 1. The maximum atomic E-state index is 5.93. The summed E-state index contributed by atoms with van der Waals surface area (Å²) in [6, 6.07) is 7.51.